The van der Waals surface area contributed by atoms with Gasteiger partial charge in [0.15, 0.2) is 5.03 Å². The number of thiol groups is 1. The fraction of sp³-hybridized carbons (Fsp3) is 0.556. The molecule has 2 heterocycles. The van der Waals surface area contributed by atoms with Crippen LogP contribution < -0.4 is 11.2 Å². The molecular weight excluding hydrogens is 373 g/mol. The molecule has 13 nitrogen and oxygen atoms in total. The predicted molar refractivity (Wildman–Crippen MR) is 77.8 cm³/mol. The van der Waals surface area contributed by atoms with Crippen LogP contribution in [-0.2, 0) is 13.8 Å². The maximum Gasteiger partial charge on any atom is 0.469 e. The maximum absolute atomic E-state index is 11.9. The van der Waals surface area contributed by atoms with Gasteiger partial charge in [0.1, 0.15) is 12.3 Å². The van der Waals surface area contributed by atoms with E-state index in [1.807, 2.05) is 0 Å². The number of hydrogen-bond acceptors (Lipinski definition) is 9. The Morgan fingerprint density at radius 2 is 2.12 bits per heavy atom. The molecule has 1 aliphatic heterocycles. The average molecular weight is 385 g/mol. The summed E-state index contributed by atoms with van der Waals surface area (Å²) in [4.78, 5) is 52.2. The number of nitrogens with one attached hydrogen (secondary N) is 1. The second-order valence-electron chi connectivity index (χ2n) is 4.78. The molecule has 15 heteroatoms. The molecule has 0 spiro atoms. The van der Waals surface area contributed by atoms with Gasteiger partial charge >= 0.3 is 24.8 Å². The van der Waals surface area contributed by atoms with Crippen molar-refractivity contribution in [2.45, 2.75) is 29.9 Å². The summed E-state index contributed by atoms with van der Waals surface area (Å²) in [5.74, 6) is 0. The Morgan fingerprint density at radius 3 is 2.67 bits per heavy atom. The minimum Gasteiger partial charge on any atom is -0.390 e. The van der Waals surface area contributed by atoms with Crippen molar-refractivity contribution < 1.29 is 33.6 Å². The first-order chi connectivity index (χ1) is 11.0. The number of hydrogen-bond donors (Lipinski definition) is 5. The zero-order chi connectivity index (χ0) is 18.2. The molecule has 1 fully saturated rings. The Labute approximate surface area is 137 Å². The van der Waals surface area contributed by atoms with Gasteiger partial charge < -0.3 is 19.6 Å². The van der Waals surface area contributed by atoms with Crippen LogP contribution >= 0.6 is 20.5 Å². The van der Waals surface area contributed by atoms with Crippen LogP contribution in [0.1, 0.15) is 12.6 Å². The number of rotatable bonds is 5. The molecule has 4 N–H and O–H groups in total. The number of phosphoric acid groups is 1. The summed E-state index contributed by atoms with van der Waals surface area (Å²) in [6.45, 7) is -0.677. The summed E-state index contributed by atoms with van der Waals surface area (Å²) >= 11 is 3.81. The summed E-state index contributed by atoms with van der Waals surface area (Å²) < 4.78 is 20.8. The average Bonchev–Trinajstić information content (AvgIpc) is 2.75. The van der Waals surface area contributed by atoms with Crippen molar-refractivity contribution in [3.63, 3.8) is 0 Å². The molecule has 24 heavy (non-hydrogen) atoms. The van der Waals surface area contributed by atoms with Crippen LogP contribution in [-0.4, -0.2) is 48.2 Å². The van der Waals surface area contributed by atoms with Crippen molar-refractivity contribution in [1.82, 2.24) is 9.55 Å². The molecule has 1 saturated heterocycles. The van der Waals surface area contributed by atoms with Crippen LogP contribution in [0.3, 0.4) is 0 Å². The third-order valence-corrected chi connectivity index (χ3v) is 4.09. The van der Waals surface area contributed by atoms with Crippen LogP contribution in [0.4, 0.5) is 5.69 Å². The van der Waals surface area contributed by atoms with E-state index in [4.69, 9.17) is 14.5 Å². The monoisotopic (exact) mass is 385 g/mol. The smallest absolute Gasteiger partial charge is 0.390 e. The molecule has 3 atom stereocenters. The Morgan fingerprint density at radius 1 is 1.50 bits per heavy atom. The second kappa shape index (κ2) is 6.76. The summed E-state index contributed by atoms with van der Waals surface area (Å²) in [5.41, 5.74) is -3.28. The molecule has 1 aliphatic rings. The molecule has 1 aromatic rings. The highest BCUT2D eigenvalue weighted by atomic mass is 32.1. The van der Waals surface area contributed by atoms with Crippen molar-refractivity contribution in [1.29, 1.82) is 0 Å². The zero-order valence-corrected chi connectivity index (χ0v) is 13.4. The molecule has 1 aromatic heterocycles. The third-order valence-electron chi connectivity index (χ3n) is 3.18. The lowest BCUT2D eigenvalue weighted by Crippen LogP contribution is -2.35. The number of aromatic nitrogens is 2. The minimum atomic E-state index is -4.79. The molecule has 0 aliphatic carbocycles. The highest BCUT2D eigenvalue weighted by Gasteiger charge is 2.39. The third kappa shape index (κ3) is 3.92. The van der Waals surface area contributed by atoms with Crippen LogP contribution in [0, 0.1) is 10.1 Å². The van der Waals surface area contributed by atoms with E-state index in [0.717, 1.165) is 0 Å². The summed E-state index contributed by atoms with van der Waals surface area (Å²) in [5, 5.41) is 20.1. The first-order valence-corrected chi connectivity index (χ1v) is 8.25. The van der Waals surface area contributed by atoms with Gasteiger partial charge in [-0.25, -0.2) is 9.36 Å². The number of nitro groups is 1. The number of ether oxygens (including phenoxy) is 1. The van der Waals surface area contributed by atoms with E-state index in [2.05, 4.69) is 17.2 Å². The highest BCUT2D eigenvalue weighted by molar-refractivity contribution is 7.80. The van der Waals surface area contributed by atoms with Gasteiger partial charge in [0, 0.05) is 6.42 Å². The van der Waals surface area contributed by atoms with Gasteiger partial charge in [-0.3, -0.25) is 29.0 Å². The van der Waals surface area contributed by atoms with Gasteiger partial charge in [0.05, 0.1) is 17.6 Å². The predicted octanol–water partition coefficient (Wildman–Crippen LogP) is -1.51. The zero-order valence-electron chi connectivity index (χ0n) is 11.6. The van der Waals surface area contributed by atoms with E-state index in [1.54, 1.807) is 4.98 Å². The maximum atomic E-state index is 11.9. The molecule has 2 rings (SSSR count). The van der Waals surface area contributed by atoms with Crippen molar-refractivity contribution in [3.8, 4) is 0 Å². The second-order valence-corrected chi connectivity index (χ2v) is 6.44. The normalized spacial score (nSPS) is 24.2. The van der Waals surface area contributed by atoms with Gasteiger partial charge in [-0.2, -0.15) is 0 Å². The van der Waals surface area contributed by atoms with Gasteiger partial charge in [-0.05, 0) is 0 Å². The Bertz CT molecular complexity index is 815. The fourth-order valence-corrected chi connectivity index (χ4v) is 2.90. The lowest BCUT2D eigenvalue weighted by atomic mass is 10.2. The van der Waals surface area contributed by atoms with E-state index >= 15 is 0 Å². The topological polar surface area (TPSA) is 194 Å². The Kier molecular flexibility index (Phi) is 5.29. The number of aliphatic hydroxyl groups is 1. The van der Waals surface area contributed by atoms with Crippen LogP contribution in [0.5, 0.6) is 0 Å². The van der Waals surface area contributed by atoms with Crippen LogP contribution in [0.2, 0.25) is 0 Å². The van der Waals surface area contributed by atoms with E-state index in [-0.39, 0.29) is 6.42 Å². The van der Waals surface area contributed by atoms with Gasteiger partial charge in [0.2, 0.25) is 0 Å². The fourth-order valence-electron chi connectivity index (χ4n) is 2.15. The Hall–Kier alpha value is -1.54. The first kappa shape index (κ1) is 18.8. The van der Waals surface area contributed by atoms with E-state index in [1.165, 1.54) is 0 Å². The van der Waals surface area contributed by atoms with E-state index in [0.29, 0.717) is 4.57 Å². The molecule has 0 aromatic carbocycles. The molecule has 0 saturated carbocycles. The lowest BCUT2D eigenvalue weighted by Gasteiger charge is -2.17. The number of aliphatic hydroxyl groups excluding tert-OH is 1. The van der Waals surface area contributed by atoms with Gasteiger partial charge in [-0.1, -0.05) is 0 Å². The van der Waals surface area contributed by atoms with Crippen LogP contribution in [0.15, 0.2) is 14.6 Å². The summed E-state index contributed by atoms with van der Waals surface area (Å²) in [6.07, 6.45) is -3.97. The Balaban J connectivity index is 2.32. The molecular formula is C9H12N3O10PS. The SMILES string of the molecule is O=c1[nH]c(=O)n([C@H]2C[C@H](O)[C@@H](COP(=O)(O)O)O2)c(S)c1[N+](=O)[O-]. The molecule has 0 amide bonds. The van der Waals surface area contributed by atoms with Crippen molar-refractivity contribution in [2.75, 3.05) is 6.61 Å². The highest BCUT2D eigenvalue weighted by Crippen LogP contribution is 2.38. The molecule has 0 unspecified atom stereocenters. The lowest BCUT2D eigenvalue weighted by molar-refractivity contribution is -0.390. The minimum absolute atomic E-state index is 0.244. The van der Waals surface area contributed by atoms with E-state index < -0.39 is 59.8 Å². The standard InChI is InChI=1S/C9H12N3O10PS/c13-3-1-5(22-4(3)2-21-23(18,19)20)11-8(24)6(12(16)17)7(14)10-9(11)15/h3-5,13,24H,1-2H2,(H,10,14,15)(H2,18,19,20)/t3-,4+,5+/m0/s1. The molecule has 0 bridgehead atoms. The van der Waals surface area contributed by atoms with Gasteiger partial charge in [-0.15, -0.1) is 12.6 Å². The molecule has 0 radical (unpaired) electrons. The summed E-state index contributed by atoms with van der Waals surface area (Å²) in [6, 6.07) is 0. The molecule has 134 valence electrons. The number of aromatic amines is 1. The van der Waals surface area contributed by atoms with Gasteiger partial charge in [0.25, 0.3) is 0 Å². The number of nitrogens with zero attached hydrogens (tertiary/aromatic N) is 2. The number of phosphoric ester groups is 1. The van der Waals surface area contributed by atoms with Crippen molar-refractivity contribution in [3.05, 3.63) is 31.0 Å². The number of H-pyrrole nitrogens is 1. The van der Waals surface area contributed by atoms with Crippen LogP contribution in [0.25, 0.3) is 0 Å². The summed E-state index contributed by atoms with van der Waals surface area (Å²) in [7, 11) is -4.79. The quantitative estimate of drug-likeness (QED) is 0.131. The first-order valence-electron chi connectivity index (χ1n) is 6.27. The largest absolute Gasteiger partial charge is 0.469 e. The van der Waals surface area contributed by atoms with Crippen molar-refractivity contribution >= 4 is 26.1 Å². The van der Waals surface area contributed by atoms with E-state index in [9.17, 15) is 29.4 Å². The van der Waals surface area contributed by atoms with Crippen molar-refractivity contribution in [2.24, 2.45) is 0 Å².